The third-order valence-electron chi connectivity index (χ3n) is 2.98. The van der Waals surface area contributed by atoms with Gasteiger partial charge in [0.2, 0.25) is 5.95 Å². The second-order valence-corrected chi connectivity index (χ2v) is 4.29. The topological polar surface area (TPSA) is 50.3 Å². The molecule has 5 heteroatoms. The molecule has 1 atom stereocenters. The van der Waals surface area contributed by atoms with E-state index in [2.05, 4.69) is 27.1 Å². The number of aryl methyl sites for hydroxylation is 1. The first-order valence-electron chi connectivity index (χ1n) is 6.13. The van der Waals surface area contributed by atoms with Gasteiger partial charge in [0, 0.05) is 31.9 Å². The second kappa shape index (κ2) is 5.31. The maximum Gasteiger partial charge on any atom is 0.224 e. The van der Waals surface area contributed by atoms with Gasteiger partial charge in [-0.3, -0.25) is 0 Å². The van der Waals surface area contributed by atoms with Gasteiger partial charge in [0.05, 0.1) is 12.7 Å². The lowest BCUT2D eigenvalue weighted by molar-refractivity contribution is 0.0381. The predicted octanol–water partition coefficient (Wildman–Crippen LogP) is 1.44. The minimum absolute atomic E-state index is 0.317. The van der Waals surface area contributed by atoms with E-state index in [0.29, 0.717) is 12.1 Å². The van der Waals surface area contributed by atoms with Crippen LogP contribution in [0.3, 0.4) is 0 Å². The van der Waals surface area contributed by atoms with Crippen molar-refractivity contribution >= 4 is 11.8 Å². The van der Waals surface area contributed by atoms with Gasteiger partial charge < -0.3 is 15.0 Å². The van der Waals surface area contributed by atoms with Crippen molar-refractivity contribution in [2.75, 3.05) is 37.0 Å². The Balaban J connectivity index is 2.18. The van der Waals surface area contributed by atoms with Crippen molar-refractivity contribution < 1.29 is 4.74 Å². The van der Waals surface area contributed by atoms with E-state index in [1.54, 1.807) is 0 Å². The van der Waals surface area contributed by atoms with Crippen LogP contribution in [0.4, 0.5) is 11.8 Å². The molecular formula is C12H20N4O. The van der Waals surface area contributed by atoms with E-state index in [1.807, 2.05) is 20.0 Å². The van der Waals surface area contributed by atoms with Gasteiger partial charge in [-0.15, -0.1) is 0 Å². The molecule has 17 heavy (non-hydrogen) atoms. The number of aromatic nitrogens is 2. The predicted molar refractivity (Wildman–Crippen MR) is 68.6 cm³/mol. The largest absolute Gasteiger partial charge is 0.375 e. The summed E-state index contributed by atoms with van der Waals surface area (Å²) < 4.78 is 5.66. The van der Waals surface area contributed by atoms with E-state index in [9.17, 15) is 0 Å². The molecular weight excluding hydrogens is 216 g/mol. The summed E-state index contributed by atoms with van der Waals surface area (Å²) >= 11 is 0. The first kappa shape index (κ1) is 12.1. The Hall–Kier alpha value is -1.36. The van der Waals surface area contributed by atoms with Crippen LogP contribution < -0.4 is 10.2 Å². The summed E-state index contributed by atoms with van der Waals surface area (Å²) in [5.74, 6) is 1.67. The van der Waals surface area contributed by atoms with Gasteiger partial charge in [0.25, 0.3) is 0 Å². The third kappa shape index (κ3) is 2.85. The number of hydrogen-bond acceptors (Lipinski definition) is 5. The molecule has 0 saturated carbocycles. The molecule has 0 spiro atoms. The highest BCUT2D eigenvalue weighted by molar-refractivity contribution is 5.45. The lowest BCUT2D eigenvalue weighted by atomic mass is 10.2. The van der Waals surface area contributed by atoms with Crippen molar-refractivity contribution in [2.45, 2.75) is 26.4 Å². The van der Waals surface area contributed by atoms with E-state index in [-0.39, 0.29) is 0 Å². The Morgan fingerprint density at radius 3 is 3.06 bits per heavy atom. The molecule has 2 heterocycles. The minimum Gasteiger partial charge on any atom is -0.375 e. The van der Waals surface area contributed by atoms with Crippen LogP contribution in [0.25, 0.3) is 0 Å². The van der Waals surface area contributed by atoms with Crippen molar-refractivity contribution in [3.05, 3.63) is 11.8 Å². The Kier molecular flexibility index (Phi) is 3.78. The number of hydrogen-bond donors (Lipinski definition) is 1. The Morgan fingerprint density at radius 1 is 1.53 bits per heavy atom. The number of ether oxygens (including phenoxy) is 1. The molecule has 2 rings (SSSR count). The SMILES string of the molecule is CCC1CN(c2cc(C)nc(NC)n2)CCO1. The van der Waals surface area contributed by atoms with E-state index >= 15 is 0 Å². The Bertz CT molecular complexity index is 383. The minimum atomic E-state index is 0.317. The van der Waals surface area contributed by atoms with Crippen LogP contribution in [0.1, 0.15) is 19.0 Å². The van der Waals surface area contributed by atoms with Crippen LogP contribution in [0.15, 0.2) is 6.07 Å². The highest BCUT2D eigenvalue weighted by Crippen LogP contribution is 2.18. The Labute approximate surface area is 102 Å². The second-order valence-electron chi connectivity index (χ2n) is 4.29. The molecule has 1 unspecified atom stereocenters. The van der Waals surface area contributed by atoms with Crippen molar-refractivity contribution in [1.82, 2.24) is 9.97 Å². The summed E-state index contributed by atoms with van der Waals surface area (Å²) in [5.41, 5.74) is 0.985. The summed E-state index contributed by atoms with van der Waals surface area (Å²) in [6, 6.07) is 2.03. The molecule has 0 bridgehead atoms. The van der Waals surface area contributed by atoms with Gasteiger partial charge in [-0.1, -0.05) is 6.92 Å². The first-order chi connectivity index (χ1) is 8.22. The summed E-state index contributed by atoms with van der Waals surface area (Å²) in [4.78, 5) is 11.1. The smallest absolute Gasteiger partial charge is 0.224 e. The highest BCUT2D eigenvalue weighted by Gasteiger charge is 2.20. The molecule has 0 amide bonds. The zero-order chi connectivity index (χ0) is 12.3. The average Bonchev–Trinajstić information content (AvgIpc) is 2.38. The van der Waals surface area contributed by atoms with Crippen molar-refractivity contribution in [3.8, 4) is 0 Å². The molecule has 1 aliphatic rings. The summed E-state index contributed by atoms with van der Waals surface area (Å²) in [7, 11) is 1.84. The standard InChI is InChI=1S/C12H20N4O/c1-4-10-8-16(5-6-17-10)11-7-9(2)14-12(13-3)15-11/h7,10H,4-6,8H2,1-3H3,(H,13,14,15). The lowest BCUT2D eigenvalue weighted by Crippen LogP contribution is -2.42. The van der Waals surface area contributed by atoms with Crippen molar-refractivity contribution in [1.29, 1.82) is 0 Å². The van der Waals surface area contributed by atoms with E-state index < -0.39 is 0 Å². The molecule has 1 aliphatic heterocycles. The highest BCUT2D eigenvalue weighted by atomic mass is 16.5. The van der Waals surface area contributed by atoms with E-state index in [0.717, 1.165) is 37.6 Å². The molecule has 0 aromatic carbocycles. The zero-order valence-corrected chi connectivity index (χ0v) is 10.7. The number of anilines is 2. The van der Waals surface area contributed by atoms with Crippen molar-refractivity contribution in [3.63, 3.8) is 0 Å². The zero-order valence-electron chi connectivity index (χ0n) is 10.7. The van der Waals surface area contributed by atoms with Crippen molar-refractivity contribution in [2.24, 2.45) is 0 Å². The lowest BCUT2D eigenvalue weighted by Gasteiger charge is -2.33. The average molecular weight is 236 g/mol. The Morgan fingerprint density at radius 2 is 2.35 bits per heavy atom. The van der Waals surface area contributed by atoms with Crippen LogP contribution in [-0.4, -0.2) is 42.8 Å². The summed E-state index contributed by atoms with van der Waals surface area (Å²) in [6.45, 7) is 6.73. The fraction of sp³-hybridized carbons (Fsp3) is 0.667. The maximum atomic E-state index is 5.66. The van der Waals surface area contributed by atoms with Crippen LogP contribution in [0, 0.1) is 6.92 Å². The van der Waals surface area contributed by atoms with Gasteiger partial charge in [0.15, 0.2) is 0 Å². The normalized spacial score (nSPS) is 20.4. The van der Waals surface area contributed by atoms with Gasteiger partial charge in [-0.25, -0.2) is 4.98 Å². The molecule has 5 nitrogen and oxygen atoms in total. The van der Waals surface area contributed by atoms with Gasteiger partial charge >= 0.3 is 0 Å². The fourth-order valence-electron chi connectivity index (χ4n) is 2.00. The molecule has 1 saturated heterocycles. The van der Waals surface area contributed by atoms with Gasteiger partial charge in [-0.05, 0) is 13.3 Å². The van der Waals surface area contributed by atoms with Gasteiger partial charge in [-0.2, -0.15) is 4.98 Å². The third-order valence-corrected chi connectivity index (χ3v) is 2.98. The number of rotatable bonds is 3. The number of nitrogens with one attached hydrogen (secondary N) is 1. The van der Waals surface area contributed by atoms with Crippen LogP contribution >= 0.6 is 0 Å². The monoisotopic (exact) mass is 236 g/mol. The molecule has 0 radical (unpaired) electrons. The van der Waals surface area contributed by atoms with Gasteiger partial charge in [0.1, 0.15) is 5.82 Å². The quantitative estimate of drug-likeness (QED) is 0.860. The van der Waals surface area contributed by atoms with E-state index in [1.165, 1.54) is 0 Å². The summed E-state index contributed by atoms with van der Waals surface area (Å²) in [5, 5.41) is 2.99. The molecule has 94 valence electrons. The van der Waals surface area contributed by atoms with Crippen LogP contribution in [-0.2, 0) is 4.74 Å². The summed E-state index contributed by atoms with van der Waals surface area (Å²) in [6.07, 6.45) is 1.36. The van der Waals surface area contributed by atoms with E-state index in [4.69, 9.17) is 4.74 Å². The maximum absolute atomic E-state index is 5.66. The first-order valence-corrected chi connectivity index (χ1v) is 6.13. The molecule has 0 aliphatic carbocycles. The molecule has 1 aromatic rings. The van der Waals surface area contributed by atoms with Crippen LogP contribution in [0.2, 0.25) is 0 Å². The van der Waals surface area contributed by atoms with Crippen LogP contribution in [0.5, 0.6) is 0 Å². The molecule has 1 N–H and O–H groups in total. The number of nitrogens with zero attached hydrogens (tertiary/aromatic N) is 3. The number of morpholine rings is 1. The fourth-order valence-corrected chi connectivity index (χ4v) is 2.00. The molecule has 1 fully saturated rings. The molecule has 1 aromatic heterocycles.